The van der Waals surface area contributed by atoms with E-state index in [2.05, 4.69) is 37.9 Å². The lowest BCUT2D eigenvalue weighted by Gasteiger charge is -2.33. The summed E-state index contributed by atoms with van der Waals surface area (Å²) in [5.74, 6) is 3.49. The van der Waals surface area contributed by atoms with Crippen molar-refractivity contribution in [2.45, 2.75) is 57.8 Å². The Morgan fingerprint density at radius 2 is 1.84 bits per heavy atom. The minimum atomic E-state index is 0. The number of aliphatic imine (C=N–C) groups is 1. The van der Waals surface area contributed by atoms with Gasteiger partial charge in [-0.15, -0.1) is 34.2 Å². The molecule has 170 valence electrons. The lowest BCUT2D eigenvalue weighted by molar-refractivity contribution is 0.197. The number of aromatic nitrogens is 3. The van der Waals surface area contributed by atoms with E-state index in [1.807, 2.05) is 30.7 Å². The fraction of sp³-hybridized carbons (Fsp3) is 0.591. The van der Waals surface area contributed by atoms with E-state index in [4.69, 9.17) is 9.73 Å². The highest BCUT2D eigenvalue weighted by Gasteiger charge is 2.31. The number of aryl methyl sites for hydroxylation is 1. The molecular weight excluding hydrogens is 505 g/mol. The van der Waals surface area contributed by atoms with Crippen LogP contribution < -0.4 is 15.4 Å². The van der Waals surface area contributed by atoms with Gasteiger partial charge in [0.2, 0.25) is 0 Å². The molecule has 1 saturated carbocycles. The molecule has 0 amide bonds. The quantitative estimate of drug-likeness (QED) is 0.320. The normalized spacial score (nSPS) is 17.8. The summed E-state index contributed by atoms with van der Waals surface area (Å²) in [4.78, 5) is 7.49. The van der Waals surface area contributed by atoms with Crippen molar-refractivity contribution in [1.82, 2.24) is 30.3 Å². The van der Waals surface area contributed by atoms with Crippen molar-refractivity contribution in [1.29, 1.82) is 0 Å². The van der Waals surface area contributed by atoms with Crippen LogP contribution in [-0.4, -0.2) is 57.9 Å². The molecule has 2 heterocycles. The maximum atomic E-state index is 5.25. The van der Waals surface area contributed by atoms with E-state index in [9.17, 15) is 0 Å². The average molecular weight is 539 g/mol. The largest absolute Gasteiger partial charge is 0.497 e. The molecule has 0 spiro atoms. The van der Waals surface area contributed by atoms with Crippen LogP contribution >= 0.6 is 24.0 Å². The molecule has 2 N–H and O–H groups in total. The summed E-state index contributed by atoms with van der Waals surface area (Å²) in [7, 11) is 3.67. The first-order chi connectivity index (χ1) is 14.6. The third kappa shape index (κ3) is 6.55. The van der Waals surface area contributed by atoms with Crippen LogP contribution in [0.1, 0.15) is 42.9 Å². The fourth-order valence-electron chi connectivity index (χ4n) is 3.86. The highest BCUT2D eigenvalue weighted by molar-refractivity contribution is 14.0. The summed E-state index contributed by atoms with van der Waals surface area (Å²) in [6.07, 6.45) is 5.07. The van der Waals surface area contributed by atoms with Gasteiger partial charge in [-0.3, -0.25) is 0 Å². The molecule has 0 unspecified atom stereocenters. The summed E-state index contributed by atoms with van der Waals surface area (Å²) in [5.41, 5.74) is 1.15. The summed E-state index contributed by atoms with van der Waals surface area (Å²) in [5, 5.41) is 15.5. The Kier molecular flexibility index (Phi) is 8.53. The van der Waals surface area contributed by atoms with Gasteiger partial charge < -0.3 is 24.8 Å². The Morgan fingerprint density at radius 3 is 2.42 bits per heavy atom. The fourth-order valence-corrected chi connectivity index (χ4v) is 3.86. The first-order valence-electron chi connectivity index (χ1n) is 10.9. The van der Waals surface area contributed by atoms with Crippen molar-refractivity contribution in [2.75, 3.05) is 20.2 Å². The van der Waals surface area contributed by atoms with E-state index in [1.54, 1.807) is 7.11 Å². The smallest absolute Gasteiger partial charge is 0.192 e. The zero-order chi connectivity index (χ0) is 20.9. The lowest BCUT2D eigenvalue weighted by Crippen LogP contribution is -2.49. The summed E-state index contributed by atoms with van der Waals surface area (Å²) < 4.78 is 7.25. The topological polar surface area (TPSA) is 79.6 Å². The summed E-state index contributed by atoms with van der Waals surface area (Å²) in [6.45, 7) is 5.51. The minimum Gasteiger partial charge on any atom is -0.497 e. The number of halogens is 1. The molecule has 0 atom stereocenters. The molecule has 8 nitrogen and oxygen atoms in total. The molecule has 1 aromatic carbocycles. The van der Waals surface area contributed by atoms with Crippen LogP contribution in [0, 0.1) is 6.92 Å². The zero-order valence-electron chi connectivity index (χ0n) is 18.7. The number of hydrogen-bond acceptors (Lipinski definition) is 5. The average Bonchev–Trinajstić information content (AvgIpc) is 3.58. The van der Waals surface area contributed by atoms with Crippen LogP contribution in [0.4, 0.5) is 0 Å². The third-order valence-electron chi connectivity index (χ3n) is 6.11. The second kappa shape index (κ2) is 11.1. The van der Waals surface area contributed by atoms with Gasteiger partial charge in [0.15, 0.2) is 11.8 Å². The number of piperidine rings is 1. The number of nitrogens with one attached hydrogen (secondary N) is 2. The number of hydrogen-bond donors (Lipinski definition) is 2. The lowest BCUT2D eigenvalue weighted by atomic mass is 10.1. The number of rotatable bonds is 7. The van der Waals surface area contributed by atoms with Crippen LogP contribution in [0.3, 0.4) is 0 Å². The van der Waals surface area contributed by atoms with Crippen LogP contribution in [0.25, 0.3) is 0 Å². The molecule has 2 fully saturated rings. The maximum absolute atomic E-state index is 5.25. The second-order valence-corrected chi connectivity index (χ2v) is 8.27. The Labute approximate surface area is 201 Å². The summed E-state index contributed by atoms with van der Waals surface area (Å²) >= 11 is 0. The van der Waals surface area contributed by atoms with Crippen molar-refractivity contribution >= 4 is 29.9 Å². The third-order valence-corrected chi connectivity index (χ3v) is 6.11. The molecule has 9 heteroatoms. The van der Waals surface area contributed by atoms with Crippen molar-refractivity contribution < 1.29 is 4.74 Å². The van der Waals surface area contributed by atoms with E-state index < -0.39 is 0 Å². The van der Waals surface area contributed by atoms with Crippen LogP contribution in [0.15, 0.2) is 29.3 Å². The Balaban J connectivity index is 0.00000272. The van der Waals surface area contributed by atoms with Gasteiger partial charge in [0.25, 0.3) is 0 Å². The predicted octanol–water partition coefficient (Wildman–Crippen LogP) is 2.61. The van der Waals surface area contributed by atoms with Gasteiger partial charge >= 0.3 is 0 Å². The number of benzene rings is 1. The van der Waals surface area contributed by atoms with Gasteiger partial charge in [0.1, 0.15) is 11.6 Å². The van der Waals surface area contributed by atoms with Gasteiger partial charge in [0.05, 0.1) is 20.2 Å². The number of guanidine groups is 1. The molecule has 31 heavy (non-hydrogen) atoms. The first-order valence-corrected chi connectivity index (χ1v) is 10.9. The van der Waals surface area contributed by atoms with Gasteiger partial charge in [-0.05, 0) is 50.3 Å². The molecule has 2 aromatic rings. The van der Waals surface area contributed by atoms with Gasteiger partial charge in [0, 0.05) is 32.2 Å². The molecule has 0 bridgehead atoms. The van der Waals surface area contributed by atoms with Gasteiger partial charge in [-0.25, -0.2) is 4.99 Å². The SMILES string of the molecule is COc1ccc(CN=C(NCc2nnc(C)n2C)NC2CCN(C3CC3)CC2)cc1.I. The number of ether oxygens (including phenoxy) is 1. The number of methoxy groups -OCH3 is 1. The minimum absolute atomic E-state index is 0. The number of likely N-dealkylation sites (tertiary alicyclic amines) is 1. The van der Waals surface area contributed by atoms with Crippen molar-refractivity contribution in [3.05, 3.63) is 41.5 Å². The van der Waals surface area contributed by atoms with Crippen LogP contribution in [0.5, 0.6) is 5.75 Å². The summed E-state index contributed by atoms with van der Waals surface area (Å²) in [6, 6.07) is 9.36. The Morgan fingerprint density at radius 1 is 1.13 bits per heavy atom. The zero-order valence-corrected chi connectivity index (χ0v) is 21.0. The maximum Gasteiger partial charge on any atom is 0.192 e. The molecular formula is C22H34IN7O. The standard InChI is InChI=1S/C22H33N7O.HI/c1-16-26-27-21(28(16)2)15-24-22(23-14-17-4-8-20(30-3)9-5-17)25-18-10-12-29(13-11-18)19-6-7-19;/h4-5,8-9,18-19H,6-7,10-15H2,1-3H3,(H2,23,24,25);1H. The van der Waals surface area contributed by atoms with E-state index in [-0.39, 0.29) is 24.0 Å². The highest BCUT2D eigenvalue weighted by Crippen LogP contribution is 2.29. The van der Waals surface area contributed by atoms with Gasteiger partial charge in [-0.1, -0.05) is 12.1 Å². The molecule has 0 radical (unpaired) electrons. The highest BCUT2D eigenvalue weighted by atomic mass is 127. The van der Waals surface area contributed by atoms with Crippen LogP contribution in [-0.2, 0) is 20.1 Å². The van der Waals surface area contributed by atoms with E-state index in [0.29, 0.717) is 19.1 Å². The molecule has 4 rings (SSSR count). The van der Waals surface area contributed by atoms with Crippen molar-refractivity contribution in [2.24, 2.45) is 12.0 Å². The Hall–Kier alpha value is -1.88. The molecule has 2 aliphatic rings. The molecule has 1 saturated heterocycles. The van der Waals surface area contributed by atoms with Crippen molar-refractivity contribution in [3.8, 4) is 5.75 Å². The van der Waals surface area contributed by atoms with E-state index >= 15 is 0 Å². The molecule has 1 aliphatic heterocycles. The van der Waals surface area contributed by atoms with Gasteiger partial charge in [-0.2, -0.15) is 0 Å². The Bertz CT molecular complexity index is 855. The van der Waals surface area contributed by atoms with E-state index in [1.165, 1.54) is 25.9 Å². The first kappa shape index (κ1) is 23.8. The molecule has 1 aliphatic carbocycles. The van der Waals surface area contributed by atoms with Crippen molar-refractivity contribution in [3.63, 3.8) is 0 Å². The van der Waals surface area contributed by atoms with Crippen LogP contribution in [0.2, 0.25) is 0 Å². The predicted molar refractivity (Wildman–Crippen MR) is 133 cm³/mol. The van der Waals surface area contributed by atoms with E-state index in [0.717, 1.165) is 47.8 Å². The number of nitrogens with zero attached hydrogens (tertiary/aromatic N) is 5. The monoisotopic (exact) mass is 539 g/mol. The molecule has 1 aromatic heterocycles. The second-order valence-electron chi connectivity index (χ2n) is 8.27.